The molecule has 0 bridgehead atoms. The van der Waals surface area contributed by atoms with Gasteiger partial charge in [0.1, 0.15) is 12.6 Å². The van der Waals surface area contributed by atoms with E-state index in [9.17, 15) is 14.7 Å². The highest BCUT2D eigenvalue weighted by molar-refractivity contribution is 5.81. The molecule has 146 valence electrons. The van der Waals surface area contributed by atoms with Crippen LogP contribution >= 0.6 is 0 Å². The van der Waals surface area contributed by atoms with Crippen molar-refractivity contribution < 1.29 is 19.4 Å². The van der Waals surface area contributed by atoms with Gasteiger partial charge in [0.15, 0.2) is 0 Å². The Morgan fingerprint density at radius 1 is 1.14 bits per heavy atom. The number of ether oxygens (including phenoxy) is 1. The van der Waals surface area contributed by atoms with E-state index in [2.05, 4.69) is 24.0 Å². The van der Waals surface area contributed by atoms with Crippen LogP contribution in [0, 0.1) is 5.41 Å². The Morgan fingerprint density at radius 3 is 2.18 bits per heavy atom. The van der Waals surface area contributed by atoms with Gasteiger partial charge in [0.05, 0.1) is 0 Å². The number of amides is 1. The average molecular weight is 379 g/mol. The van der Waals surface area contributed by atoms with Crippen molar-refractivity contribution in [1.29, 1.82) is 0 Å². The number of hydrogen-bond acceptors (Lipinski definition) is 3. The zero-order valence-corrected chi connectivity index (χ0v) is 16.1. The number of nitrogens with one attached hydrogen (secondary N) is 1. The number of carboxylic acid groups (broad SMARTS) is 1. The Labute approximate surface area is 165 Å². The fraction of sp³-hybridized carbons (Fsp3) is 0.304. The minimum Gasteiger partial charge on any atom is -0.480 e. The summed E-state index contributed by atoms with van der Waals surface area (Å²) < 4.78 is 5.45. The Hall–Kier alpha value is -3.08. The standard InChI is InChI=1S/C23H25NO4/c1-4-13-23(2,3)20(21(25)26)24-22(27)28-14-19-17-11-7-5-9-15(17)16-10-6-8-12-18(16)19/h4-12,19-20H,1,13-14H2,2-3H3,(H,24,27)(H,25,26)/t20-/m1/s1. The quantitative estimate of drug-likeness (QED) is 0.691. The highest BCUT2D eigenvalue weighted by Crippen LogP contribution is 2.44. The van der Waals surface area contributed by atoms with Crippen molar-refractivity contribution in [2.45, 2.75) is 32.2 Å². The Kier molecular flexibility index (Phi) is 5.54. The number of carbonyl (C=O) groups excluding carboxylic acids is 1. The SMILES string of the molecule is C=CCC(C)(C)[C@H](NC(=O)OCC1c2ccccc2-c2ccccc21)C(=O)O. The molecule has 1 aliphatic rings. The number of fused-ring (bicyclic) bond motifs is 3. The van der Waals surface area contributed by atoms with E-state index in [1.807, 2.05) is 36.4 Å². The first-order valence-electron chi connectivity index (χ1n) is 9.30. The zero-order valence-electron chi connectivity index (χ0n) is 16.1. The van der Waals surface area contributed by atoms with Crippen molar-refractivity contribution in [3.63, 3.8) is 0 Å². The number of rotatable bonds is 7. The van der Waals surface area contributed by atoms with E-state index >= 15 is 0 Å². The summed E-state index contributed by atoms with van der Waals surface area (Å²) >= 11 is 0. The maximum Gasteiger partial charge on any atom is 0.407 e. The molecule has 3 rings (SSSR count). The Bertz CT molecular complexity index is 857. The minimum atomic E-state index is -1.10. The third kappa shape index (κ3) is 3.79. The van der Waals surface area contributed by atoms with Crippen LogP contribution in [0.3, 0.4) is 0 Å². The second-order valence-electron chi connectivity index (χ2n) is 7.72. The van der Waals surface area contributed by atoms with Crippen molar-refractivity contribution in [3.8, 4) is 11.1 Å². The lowest BCUT2D eigenvalue weighted by molar-refractivity contribution is -0.142. The van der Waals surface area contributed by atoms with E-state index in [0.717, 1.165) is 22.3 Å². The van der Waals surface area contributed by atoms with Gasteiger partial charge in [-0.05, 0) is 34.1 Å². The lowest BCUT2D eigenvalue weighted by Crippen LogP contribution is -2.50. The summed E-state index contributed by atoms with van der Waals surface area (Å²) in [6, 6.07) is 15.0. The normalized spacial score (nSPS) is 13.9. The first-order chi connectivity index (χ1) is 13.3. The molecule has 0 saturated heterocycles. The molecule has 1 atom stereocenters. The van der Waals surface area contributed by atoms with Gasteiger partial charge in [-0.25, -0.2) is 9.59 Å². The molecule has 1 aliphatic carbocycles. The predicted octanol–water partition coefficient (Wildman–Crippen LogP) is 4.58. The fourth-order valence-corrected chi connectivity index (χ4v) is 3.84. The smallest absolute Gasteiger partial charge is 0.407 e. The summed E-state index contributed by atoms with van der Waals surface area (Å²) in [6.45, 7) is 7.36. The highest BCUT2D eigenvalue weighted by Gasteiger charge is 2.36. The molecule has 0 unspecified atom stereocenters. The van der Waals surface area contributed by atoms with Crippen LogP contribution in [0.15, 0.2) is 61.2 Å². The van der Waals surface area contributed by atoms with Gasteiger partial charge in [0, 0.05) is 5.92 Å². The third-order valence-corrected chi connectivity index (χ3v) is 5.30. The molecule has 0 saturated carbocycles. The number of carbonyl (C=O) groups is 2. The summed E-state index contributed by atoms with van der Waals surface area (Å²) in [5.74, 6) is -1.16. The van der Waals surface area contributed by atoms with E-state index < -0.39 is 23.5 Å². The highest BCUT2D eigenvalue weighted by atomic mass is 16.5. The molecule has 0 fully saturated rings. The van der Waals surface area contributed by atoms with Crippen LogP contribution in [0.2, 0.25) is 0 Å². The molecular formula is C23H25NO4. The third-order valence-electron chi connectivity index (χ3n) is 5.30. The van der Waals surface area contributed by atoms with Crippen molar-refractivity contribution in [2.24, 2.45) is 5.41 Å². The minimum absolute atomic E-state index is 0.0670. The van der Waals surface area contributed by atoms with Crippen molar-refractivity contribution in [3.05, 3.63) is 72.3 Å². The summed E-state index contributed by atoms with van der Waals surface area (Å²) in [7, 11) is 0. The van der Waals surface area contributed by atoms with Gasteiger partial charge in [0.2, 0.25) is 0 Å². The number of hydrogen-bond donors (Lipinski definition) is 2. The molecule has 1 amide bonds. The molecular weight excluding hydrogens is 354 g/mol. The van der Waals surface area contributed by atoms with E-state index in [1.165, 1.54) is 0 Å². The lowest BCUT2D eigenvalue weighted by Gasteiger charge is -2.30. The van der Waals surface area contributed by atoms with Crippen molar-refractivity contribution in [2.75, 3.05) is 6.61 Å². The lowest BCUT2D eigenvalue weighted by atomic mass is 9.81. The van der Waals surface area contributed by atoms with Crippen LogP contribution < -0.4 is 5.32 Å². The maximum atomic E-state index is 12.4. The van der Waals surface area contributed by atoms with Crippen molar-refractivity contribution in [1.82, 2.24) is 5.32 Å². The van der Waals surface area contributed by atoms with E-state index in [4.69, 9.17) is 4.74 Å². The maximum absolute atomic E-state index is 12.4. The van der Waals surface area contributed by atoms with Gasteiger partial charge in [-0.15, -0.1) is 6.58 Å². The summed E-state index contributed by atoms with van der Waals surface area (Å²) in [6.07, 6.45) is 1.37. The molecule has 2 aromatic rings. The average Bonchev–Trinajstić information content (AvgIpc) is 2.98. The summed E-state index contributed by atoms with van der Waals surface area (Å²) in [5, 5.41) is 12.0. The molecule has 0 heterocycles. The molecule has 0 radical (unpaired) electrons. The van der Waals surface area contributed by atoms with Gasteiger partial charge >= 0.3 is 12.1 Å². The molecule has 28 heavy (non-hydrogen) atoms. The van der Waals surface area contributed by atoms with E-state index in [0.29, 0.717) is 6.42 Å². The fourth-order valence-electron chi connectivity index (χ4n) is 3.84. The number of carboxylic acids is 1. The molecule has 2 aromatic carbocycles. The summed E-state index contributed by atoms with van der Waals surface area (Å²) in [4.78, 5) is 24.0. The van der Waals surface area contributed by atoms with Crippen molar-refractivity contribution >= 4 is 12.1 Å². The van der Waals surface area contributed by atoms with Crippen LogP contribution in [-0.4, -0.2) is 29.8 Å². The van der Waals surface area contributed by atoms with Crippen LogP contribution in [0.25, 0.3) is 11.1 Å². The number of allylic oxidation sites excluding steroid dienone is 1. The second kappa shape index (κ2) is 7.89. The van der Waals surface area contributed by atoms with Crippen LogP contribution in [-0.2, 0) is 9.53 Å². The van der Waals surface area contributed by atoms with E-state index in [1.54, 1.807) is 19.9 Å². The van der Waals surface area contributed by atoms with Gasteiger partial charge in [-0.1, -0.05) is 68.5 Å². The molecule has 2 N–H and O–H groups in total. The Balaban J connectivity index is 1.73. The second-order valence-corrected chi connectivity index (χ2v) is 7.72. The topological polar surface area (TPSA) is 75.6 Å². The first kappa shape index (κ1) is 19.7. The largest absolute Gasteiger partial charge is 0.480 e. The van der Waals surface area contributed by atoms with Gasteiger partial charge in [-0.3, -0.25) is 0 Å². The number of aliphatic carboxylic acids is 1. The van der Waals surface area contributed by atoms with Crippen LogP contribution in [0.1, 0.15) is 37.3 Å². The van der Waals surface area contributed by atoms with Gasteiger partial charge in [-0.2, -0.15) is 0 Å². The van der Waals surface area contributed by atoms with Crippen LogP contribution in [0.4, 0.5) is 4.79 Å². The molecule has 5 nitrogen and oxygen atoms in total. The monoisotopic (exact) mass is 379 g/mol. The number of alkyl carbamates (subject to hydrolysis) is 1. The van der Waals surface area contributed by atoms with Gasteiger partial charge in [0.25, 0.3) is 0 Å². The molecule has 5 heteroatoms. The van der Waals surface area contributed by atoms with Gasteiger partial charge < -0.3 is 15.2 Å². The van der Waals surface area contributed by atoms with Crippen LogP contribution in [0.5, 0.6) is 0 Å². The molecule has 0 aliphatic heterocycles. The number of benzene rings is 2. The predicted molar refractivity (Wildman–Crippen MR) is 108 cm³/mol. The van der Waals surface area contributed by atoms with E-state index in [-0.39, 0.29) is 12.5 Å². The Morgan fingerprint density at radius 2 is 1.68 bits per heavy atom. The summed E-state index contributed by atoms with van der Waals surface area (Å²) in [5.41, 5.74) is 3.82. The molecule has 0 spiro atoms. The molecule has 0 aromatic heterocycles. The first-order valence-corrected chi connectivity index (χ1v) is 9.30. The zero-order chi connectivity index (χ0) is 20.3.